The molecule has 8 atom stereocenters. The SMILES string of the molecule is CCCCCCCCCOC(=O)C1CC2OC2CC1C(=O)OCCCCCCCCCCCCCCOC(=O)C1CC2OC2CC1C(=O)OCCCCCCCCC. The molecule has 10 nitrogen and oxygen atoms in total. The Balaban J connectivity index is 0.925. The lowest BCUT2D eigenvalue weighted by Crippen LogP contribution is -2.37. The molecule has 0 amide bonds. The van der Waals surface area contributed by atoms with Gasteiger partial charge in [-0.1, -0.05) is 155 Å². The first-order chi connectivity index (χ1) is 28.4. The van der Waals surface area contributed by atoms with E-state index in [9.17, 15) is 19.2 Å². The molecule has 2 saturated heterocycles. The molecule has 10 heteroatoms. The molecule has 2 saturated carbocycles. The Labute approximate surface area is 351 Å². The summed E-state index contributed by atoms with van der Waals surface area (Å²) in [4.78, 5) is 51.8. The number of carbonyl (C=O) groups excluding carboxylic acids is 4. The van der Waals surface area contributed by atoms with Crippen molar-refractivity contribution in [1.29, 1.82) is 0 Å². The summed E-state index contributed by atoms with van der Waals surface area (Å²) in [7, 11) is 0. The van der Waals surface area contributed by atoms with Crippen molar-refractivity contribution in [3.05, 3.63) is 0 Å². The molecule has 0 bridgehead atoms. The van der Waals surface area contributed by atoms with Crippen molar-refractivity contribution in [2.24, 2.45) is 23.7 Å². The summed E-state index contributed by atoms with van der Waals surface area (Å²) in [6.45, 7) is 6.12. The van der Waals surface area contributed by atoms with Gasteiger partial charge in [-0.3, -0.25) is 19.2 Å². The topological polar surface area (TPSA) is 130 Å². The summed E-state index contributed by atoms with van der Waals surface area (Å²) in [5.41, 5.74) is 0. The third kappa shape index (κ3) is 19.0. The summed E-state index contributed by atoms with van der Waals surface area (Å²) in [6, 6.07) is 0. The van der Waals surface area contributed by atoms with Crippen LogP contribution in [0.3, 0.4) is 0 Å². The van der Waals surface area contributed by atoms with Crippen LogP contribution in [0.15, 0.2) is 0 Å². The molecule has 2 heterocycles. The molecule has 0 spiro atoms. The smallest absolute Gasteiger partial charge is 0.309 e. The Kier molecular flexibility index (Phi) is 24.3. The van der Waals surface area contributed by atoms with Gasteiger partial charge in [0.1, 0.15) is 0 Å². The fourth-order valence-corrected chi connectivity index (χ4v) is 9.10. The van der Waals surface area contributed by atoms with E-state index < -0.39 is 23.7 Å². The average molecular weight is 819 g/mol. The lowest BCUT2D eigenvalue weighted by atomic mass is 9.79. The predicted molar refractivity (Wildman–Crippen MR) is 225 cm³/mol. The summed E-state index contributed by atoms with van der Waals surface area (Å²) < 4.78 is 33.9. The molecule has 0 aromatic carbocycles. The third-order valence-electron chi connectivity index (χ3n) is 13.0. The van der Waals surface area contributed by atoms with Crippen LogP contribution in [0.2, 0.25) is 0 Å². The summed E-state index contributed by atoms with van der Waals surface area (Å²) in [5, 5.41) is 0. The molecule has 2 aliphatic heterocycles. The Morgan fingerprint density at radius 2 is 0.517 bits per heavy atom. The molecule has 4 rings (SSSR count). The third-order valence-corrected chi connectivity index (χ3v) is 13.0. The highest BCUT2D eigenvalue weighted by molar-refractivity contribution is 5.83. The molecular weight excluding hydrogens is 737 g/mol. The van der Waals surface area contributed by atoms with Crippen LogP contribution in [0.25, 0.3) is 0 Å². The highest BCUT2D eigenvalue weighted by Crippen LogP contribution is 2.45. The minimum absolute atomic E-state index is 0.0904. The van der Waals surface area contributed by atoms with E-state index in [4.69, 9.17) is 28.4 Å². The highest BCUT2D eigenvalue weighted by atomic mass is 16.6. The van der Waals surface area contributed by atoms with Crippen LogP contribution in [0.4, 0.5) is 0 Å². The van der Waals surface area contributed by atoms with Gasteiger partial charge in [-0.05, 0) is 51.4 Å². The molecule has 0 aromatic heterocycles. The number of rotatable bonds is 35. The van der Waals surface area contributed by atoms with Crippen molar-refractivity contribution < 1.29 is 47.6 Å². The molecule has 0 aromatic rings. The molecule has 58 heavy (non-hydrogen) atoms. The van der Waals surface area contributed by atoms with Crippen LogP contribution in [-0.2, 0) is 47.6 Å². The van der Waals surface area contributed by atoms with E-state index in [1.807, 2.05) is 0 Å². The van der Waals surface area contributed by atoms with Crippen LogP contribution >= 0.6 is 0 Å². The molecule has 8 unspecified atom stereocenters. The Hall–Kier alpha value is -2.20. The van der Waals surface area contributed by atoms with Gasteiger partial charge < -0.3 is 28.4 Å². The minimum atomic E-state index is -0.452. The average Bonchev–Trinajstić information content (AvgIpc) is 4.17. The predicted octanol–water partition coefficient (Wildman–Crippen LogP) is 10.9. The largest absolute Gasteiger partial charge is 0.465 e. The lowest BCUT2D eigenvalue weighted by Gasteiger charge is -2.26. The van der Waals surface area contributed by atoms with Crippen molar-refractivity contribution in [1.82, 2.24) is 0 Å². The fraction of sp³-hybridized carbons (Fsp3) is 0.917. The summed E-state index contributed by atoms with van der Waals surface area (Å²) >= 11 is 0. The second-order valence-electron chi connectivity index (χ2n) is 18.0. The number of carbonyl (C=O) groups is 4. The molecule has 2 aliphatic carbocycles. The first kappa shape index (κ1) is 48.5. The van der Waals surface area contributed by atoms with Gasteiger partial charge in [0.05, 0.1) is 74.5 Å². The van der Waals surface area contributed by atoms with E-state index >= 15 is 0 Å². The van der Waals surface area contributed by atoms with Gasteiger partial charge in [0.15, 0.2) is 0 Å². The van der Waals surface area contributed by atoms with E-state index in [-0.39, 0.29) is 48.3 Å². The maximum Gasteiger partial charge on any atom is 0.309 e. The van der Waals surface area contributed by atoms with Gasteiger partial charge >= 0.3 is 23.9 Å². The van der Waals surface area contributed by atoms with Crippen molar-refractivity contribution in [3.63, 3.8) is 0 Å². The van der Waals surface area contributed by atoms with Crippen molar-refractivity contribution >= 4 is 23.9 Å². The minimum Gasteiger partial charge on any atom is -0.465 e. The van der Waals surface area contributed by atoms with Crippen LogP contribution in [0.1, 0.15) is 206 Å². The van der Waals surface area contributed by atoms with Crippen LogP contribution in [-0.4, -0.2) is 74.7 Å². The van der Waals surface area contributed by atoms with Gasteiger partial charge in [0.25, 0.3) is 0 Å². The Morgan fingerprint density at radius 1 is 0.328 bits per heavy atom. The number of unbranched alkanes of at least 4 members (excludes halogenated alkanes) is 23. The van der Waals surface area contributed by atoms with Gasteiger partial charge in [-0.25, -0.2) is 0 Å². The first-order valence-electron chi connectivity index (χ1n) is 24.4. The zero-order chi connectivity index (χ0) is 41.2. The molecule has 334 valence electrons. The standard InChI is InChI=1S/C48H82O10/c1-3-5-7-9-17-21-25-29-53-45(49)37-33-41-43(57-41)35-39(37)47(51)55-31-27-23-19-15-13-11-12-14-16-20-24-28-32-56-48(52)40-36-44-42(58-44)34-38(40)46(50)54-30-26-22-18-10-8-6-4-2/h37-44H,3-36H2,1-2H3. The van der Waals surface area contributed by atoms with Gasteiger partial charge in [0, 0.05) is 0 Å². The number of epoxide rings is 2. The van der Waals surface area contributed by atoms with E-state index in [1.54, 1.807) is 0 Å². The van der Waals surface area contributed by atoms with Crippen LogP contribution in [0, 0.1) is 23.7 Å². The van der Waals surface area contributed by atoms with E-state index in [0.29, 0.717) is 52.1 Å². The molecule has 0 N–H and O–H groups in total. The van der Waals surface area contributed by atoms with Crippen molar-refractivity contribution in [3.8, 4) is 0 Å². The number of hydrogen-bond donors (Lipinski definition) is 0. The summed E-state index contributed by atoms with van der Waals surface area (Å²) in [5.74, 6) is -2.85. The molecule has 0 radical (unpaired) electrons. The van der Waals surface area contributed by atoms with Gasteiger partial charge in [0.2, 0.25) is 0 Å². The van der Waals surface area contributed by atoms with Crippen molar-refractivity contribution in [2.45, 2.75) is 231 Å². The Bertz CT molecular complexity index is 1070. The maximum atomic E-state index is 13.0. The monoisotopic (exact) mass is 819 g/mol. The highest BCUT2D eigenvalue weighted by Gasteiger charge is 2.54. The zero-order valence-corrected chi connectivity index (χ0v) is 36.7. The number of ether oxygens (including phenoxy) is 6. The molecule has 4 fully saturated rings. The fourth-order valence-electron chi connectivity index (χ4n) is 9.10. The quantitative estimate of drug-likeness (QED) is 0.0264. The van der Waals surface area contributed by atoms with Crippen LogP contribution in [0.5, 0.6) is 0 Å². The second kappa shape index (κ2) is 29.1. The lowest BCUT2D eigenvalue weighted by molar-refractivity contribution is -0.162. The van der Waals surface area contributed by atoms with E-state index in [1.165, 1.54) is 103 Å². The molecular formula is C48H82O10. The number of fused-ring (bicyclic) bond motifs is 2. The number of hydrogen-bond acceptors (Lipinski definition) is 10. The van der Waals surface area contributed by atoms with E-state index in [2.05, 4.69) is 13.8 Å². The zero-order valence-electron chi connectivity index (χ0n) is 36.7. The van der Waals surface area contributed by atoms with Crippen molar-refractivity contribution in [2.75, 3.05) is 26.4 Å². The van der Waals surface area contributed by atoms with Gasteiger partial charge in [-0.2, -0.15) is 0 Å². The summed E-state index contributed by atoms with van der Waals surface area (Å²) in [6.07, 6.45) is 32.4. The maximum absolute atomic E-state index is 13.0. The number of esters is 4. The van der Waals surface area contributed by atoms with Crippen LogP contribution < -0.4 is 0 Å². The Morgan fingerprint density at radius 3 is 0.724 bits per heavy atom. The van der Waals surface area contributed by atoms with Gasteiger partial charge in [-0.15, -0.1) is 0 Å². The molecule has 4 aliphatic rings. The normalized spacial score (nSPS) is 25.6. The second-order valence-corrected chi connectivity index (χ2v) is 18.0. The van der Waals surface area contributed by atoms with E-state index in [0.717, 1.165) is 64.2 Å². The first-order valence-corrected chi connectivity index (χ1v) is 24.4.